The van der Waals surface area contributed by atoms with Crippen molar-refractivity contribution >= 4 is 17.5 Å². The van der Waals surface area contributed by atoms with E-state index < -0.39 is 0 Å². The zero-order valence-electron chi connectivity index (χ0n) is 12.8. The molecular weight excluding hydrogens is 288 g/mol. The molecule has 2 fully saturated rings. The largest absolute Gasteiger partial charge is 0.461 e. The van der Waals surface area contributed by atoms with Crippen LogP contribution in [0.5, 0.6) is 6.01 Å². The highest BCUT2D eigenvalue weighted by Crippen LogP contribution is 2.49. The van der Waals surface area contributed by atoms with Gasteiger partial charge in [-0.2, -0.15) is 15.0 Å². The summed E-state index contributed by atoms with van der Waals surface area (Å²) in [4.78, 5) is 12.5. The first kappa shape index (κ1) is 14.8. The number of rotatable bonds is 5. The van der Waals surface area contributed by atoms with Gasteiger partial charge in [0.15, 0.2) is 0 Å². The van der Waals surface area contributed by atoms with Crippen molar-refractivity contribution in [2.75, 3.05) is 5.32 Å². The van der Waals surface area contributed by atoms with Crippen molar-refractivity contribution in [3.63, 3.8) is 0 Å². The van der Waals surface area contributed by atoms with Crippen LogP contribution in [-0.4, -0.2) is 27.1 Å². The smallest absolute Gasteiger partial charge is 0.322 e. The van der Waals surface area contributed by atoms with Crippen molar-refractivity contribution in [2.24, 2.45) is 17.8 Å². The Bertz CT molecular complexity index is 510. The third-order valence-electron chi connectivity index (χ3n) is 4.72. The average Bonchev–Trinajstić information content (AvgIpc) is 2.99. The number of nitrogens with one attached hydrogen (secondary N) is 1. The van der Waals surface area contributed by atoms with Crippen LogP contribution in [0.3, 0.4) is 0 Å². The van der Waals surface area contributed by atoms with Gasteiger partial charge in [0, 0.05) is 6.04 Å². The van der Waals surface area contributed by atoms with E-state index in [9.17, 15) is 0 Å². The van der Waals surface area contributed by atoms with Gasteiger partial charge in [-0.3, -0.25) is 0 Å². The van der Waals surface area contributed by atoms with Crippen LogP contribution in [0.2, 0.25) is 5.28 Å². The summed E-state index contributed by atoms with van der Waals surface area (Å²) in [6.45, 7) is 6.08. The Morgan fingerprint density at radius 3 is 2.57 bits per heavy atom. The lowest BCUT2D eigenvalue weighted by atomic mass is 9.84. The first-order valence-corrected chi connectivity index (χ1v) is 8.24. The number of hydrogen-bond acceptors (Lipinski definition) is 5. The fourth-order valence-corrected chi connectivity index (χ4v) is 4.03. The van der Waals surface area contributed by atoms with E-state index in [-0.39, 0.29) is 17.4 Å². The highest BCUT2D eigenvalue weighted by Gasteiger charge is 2.41. The van der Waals surface area contributed by atoms with Gasteiger partial charge in [0.2, 0.25) is 11.2 Å². The molecule has 1 heterocycles. The van der Waals surface area contributed by atoms with Gasteiger partial charge in [0.05, 0.1) is 6.10 Å². The molecule has 1 N–H and O–H groups in total. The minimum atomic E-state index is 0.0132. The van der Waals surface area contributed by atoms with E-state index in [1.165, 1.54) is 25.7 Å². The molecule has 6 heteroatoms. The number of aromatic nitrogens is 3. The van der Waals surface area contributed by atoms with Gasteiger partial charge < -0.3 is 10.1 Å². The quantitative estimate of drug-likeness (QED) is 0.901. The van der Waals surface area contributed by atoms with Crippen LogP contribution in [-0.2, 0) is 0 Å². The topological polar surface area (TPSA) is 59.9 Å². The summed E-state index contributed by atoms with van der Waals surface area (Å²) in [6.07, 6.45) is 5.53. The molecule has 2 aliphatic carbocycles. The van der Waals surface area contributed by atoms with Crippen LogP contribution in [0.4, 0.5) is 5.95 Å². The minimum Gasteiger partial charge on any atom is -0.461 e. The summed E-state index contributed by atoms with van der Waals surface area (Å²) in [5.74, 6) is 3.03. The molecule has 0 amide bonds. The summed E-state index contributed by atoms with van der Waals surface area (Å²) in [5, 5.41) is 3.57. The predicted octanol–water partition coefficient (Wildman–Crippen LogP) is 3.55. The van der Waals surface area contributed by atoms with Crippen LogP contribution in [0.1, 0.15) is 46.5 Å². The van der Waals surface area contributed by atoms with Gasteiger partial charge in [0.25, 0.3) is 0 Å². The molecule has 21 heavy (non-hydrogen) atoms. The van der Waals surface area contributed by atoms with Gasteiger partial charge in [-0.05, 0) is 69.4 Å². The fraction of sp³-hybridized carbons (Fsp3) is 0.800. The molecule has 0 aliphatic heterocycles. The molecular formula is C15H23ClN4O. The standard InChI is InChI=1S/C15H23ClN4O/c1-8(2)21-15-19-13(16)18-14(20-15)17-9(3)12-7-10-4-5-11(12)6-10/h8-12H,4-7H2,1-3H3,(H,17,18,19,20). The van der Waals surface area contributed by atoms with E-state index in [4.69, 9.17) is 16.3 Å². The number of fused-ring (bicyclic) bond motifs is 2. The zero-order chi connectivity index (χ0) is 15.0. The molecule has 0 aromatic carbocycles. The molecule has 4 unspecified atom stereocenters. The van der Waals surface area contributed by atoms with Gasteiger partial charge in [-0.1, -0.05) is 6.42 Å². The van der Waals surface area contributed by atoms with Crippen molar-refractivity contribution < 1.29 is 4.74 Å². The molecule has 0 saturated heterocycles. The lowest BCUT2D eigenvalue weighted by Gasteiger charge is -2.28. The summed E-state index contributed by atoms with van der Waals surface area (Å²) >= 11 is 5.96. The SMILES string of the molecule is CC(C)Oc1nc(Cl)nc(NC(C)C2CC3CCC2C3)n1. The minimum absolute atomic E-state index is 0.0132. The number of anilines is 1. The fourth-order valence-electron chi connectivity index (χ4n) is 3.88. The van der Waals surface area contributed by atoms with E-state index >= 15 is 0 Å². The summed E-state index contributed by atoms with van der Waals surface area (Å²) in [5.41, 5.74) is 0. The molecule has 116 valence electrons. The normalized spacial score (nSPS) is 28.9. The van der Waals surface area contributed by atoms with Crippen LogP contribution in [0.15, 0.2) is 0 Å². The lowest BCUT2D eigenvalue weighted by molar-refractivity contribution is 0.221. The van der Waals surface area contributed by atoms with E-state index in [0.29, 0.717) is 17.9 Å². The van der Waals surface area contributed by atoms with Crippen molar-refractivity contribution in [1.82, 2.24) is 15.0 Å². The van der Waals surface area contributed by atoms with Crippen molar-refractivity contribution in [1.29, 1.82) is 0 Å². The first-order chi connectivity index (χ1) is 10.0. The number of hydrogen-bond donors (Lipinski definition) is 1. The third kappa shape index (κ3) is 3.39. The molecule has 1 aromatic heterocycles. The van der Waals surface area contributed by atoms with Gasteiger partial charge in [-0.15, -0.1) is 0 Å². The van der Waals surface area contributed by atoms with Crippen LogP contribution in [0.25, 0.3) is 0 Å². The van der Waals surface area contributed by atoms with Gasteiger partial charge in [-0.25, -0.2) is 0 Å². The molecule has 0 spiro atoms. The average molecular weight is 311 g/mol. The zero-order valence-corrected chi connectivity index (χ0v) is 13.6. The van der Waals surface area contributed by atoms with Crippen molar-refractivity contribution in [3.05, 3.63) is 5.28 Å². The Kier molecular flexibility index (Phi) is 4.20. The van der Waals surface area contributed by atoms with Crippen molar-refractivity contribution in [2.45, 2.75) is 58.6 Å². The molecule has 2 saturated carbocycles. The third-order valence-corrected chi connectivity index (χ3v) is 4.89. The Labute approximate surface area is 130 Å². The van der Waals surface area contributed by atoms with E-state index in [2.05, 4.69) is 27.2 Å². The molecule has 5 nitrogen and oxygen atoms in total. The van der Waals surface area contributed by atoms with Gasteiger partial charge in [0.1, 0.15) is 0 Å². The summed E-state index contributed by atoms with van der Waals surface area (Å²) < 4.78 is 5.51. The second kappa shape index (κ2) is 5.95. The second-order valence-electron chi connectivity index (χ2n) is 6.65. The first-order valence-electron chi connectivity index (χ1n) is 7.86. The van der Waals surface area contributed by atoms with Crippen LogP contribution < -0.4 is 10.1 Å². The van der Waals surface area contributed by atoms with E-state index in [1.54, 1.807) is 0 Å². The molecule has 4 atom stereocenters. The second-order valence-corrected chi connectivity index (χ2v) is 6.99. The molecule has 2 bridgehead atoms. The summed E-state index contributed by atoms with van der Waals surface area (Å²) in [6, 6.07) is 0.637. The maximum absolute atomic E-state index is 5.96. The van der Waals surface area contributed by atoms with Crippen molar-refractivity contribution in [3.8, 4) is 6.01 Å². The Morgan fingerprint density at radius 2 is 1.95 bits per heavy atom. The van der Waals surface area contributed by atoms with Crippen LogP contribution in [0, 0.1) is 17.8 Å². The Balaban J connectivity index is 1.67. The Hall–Kier alpha value is -1.10. The number of halogens is 1. The molecule has 2 aliphatic rings. The maximum atomic E-state index is 5.96. The predicted molar refractivity (Wildman–Crippen MR) is 82.6 cm³/mol. The van der Waals surface area contributed by atoms with E-state index in [0.717, 1.165) is 11.8 Å². The van der Waals surface area contributed by atoms with E-state index in [1.807, 2.05) is 13.8 Å². The van der Waals surface area contributed by atoms with Gasteiger partial charge >= 0.3 is 6.01 Å². The number of nitrogens with zero attached hydrogens (tertiary/aromatic N) is 3. The maximum Gasteiger partial charge on any atom is 0.322 e. The molecule has 0 radical (unpaired) electrons. The molecule has 1 aromatic rings. The molecule has 3 rings (SSSR count). The lowest BCUT2D eigenvalue weighted by Crippen LogP contribution is -2.30. The van der Waals surface area contributed by atoms with Crippen LogP contribution >= 0.6 is 11.6 Å². The highest BCUT2D eigenvalue weighted by atomic mass is 35.5. The summed E-state index contributed by atoms with van der Waals surface area (Å²) in [7, 11) is 0. The monoisotopic (exact) mass is 310 g/mol. The number of ether oxygens (including phenoxy) is 1. The highest BCUT2D eigenvalue weighted by molar-refractivity contribution is 6.28. The Morgan fingerprint density at radius 1 is 1.14 bits per heavy atom.